The maximum Gasteiger partial charge on any atom is 0.244 e. The van der Waals surface area contributed by atoms with Gasteiger partial charge in [0.2, 0.25) is 21.8 Å². The summed E-state index contributed by atoms with van der Waals surface area (Å²) in [5, 5.41) is 3.21. The van der Waals surface area contributed by atoms with Crippen LogP contribution in [0.15, 0.2) is 42.5 Å². The van der Waals surface area contributed by atoms with Crippen molar-refractivity contribution in [3.63, 3.8) is 0 Å². The third-order valence-electron chi connectivity index (χ3n) is 5.81. The van der Waals surface area contributed by atoms with Gasteiger partial charge in [0.25, 0.3) is 0 Å². The average molecular weight is 577 g/mol. The predicted molar refractivity (Wildman–Crippen MR) is 147 cm³/mol. The van der Waals surface area contributed by atoms with Crippen LogP contribution in [0.25, 0.3) is 0 Å². The minimum atomic E-state index is -3.94. The number of sulfonamides is 1. The third-order valence-corrected chi connectivity index (χ3v) is 7.96. The average Bonchev–Trinajstić information content (AvgIpc) is 2.82. The molecule has 0 heterocycles. The van der Waals surface area contributed by atoms with Gasteiger partial charge in [0.05, 0.1) is 27.0 Å². The molecule has 2 unspecified atom stereocenters. The molecule has 0 bridgehead atoms. The molecule has 0 aliphatic heterocycles. The number of carbonyl (C=O) groups excluding carboxylic acids is 2. The van der Waals surface area contributed by atoms with Gasteiger partial charge in [-0.15, -0.1) is 0 Å². The second-order valence-electron chi connectivity index (χ2n) is 8.55. The lowest BCUT2D eigenvalue weighted by Gasteiger charge is -2.33. The highest BCUT2D eigenvalue weighted by molar-refractivity contribution is 7.92. The number of rotatable bonds is 12. The van der Waals surface area contributed by atoms with Gasteiger partial charge in [-0.05, 0) is 43.9 Å². The first-order chi connectivity index (χ1) is 16.9. The topological polar surface area (TPSA) is 86.8 Å². The van der Waals surface area contributed by atoms with Crippen molar-refractivity contribution in [2.24, 2.45) is 0 Å². The first kappa shape index (κ1) is 30.2. The molecule has 11 heteroatoms. The highest BCUT2D eigenvalue weighted by Gasteiger charge is 2.32. The number of hydrogen-bond donors (Lipinski definition) is 1. The molecule has 0 aliphatic carbocycles. The number of halogens is 3. The second-order valence-corrected chi connectivity index (χ2v) is 11.7. The fourth-order valence-electron chi connectivity index (χ4n) is 3.63. The molecule has 0 saturated heterocycles. The van der Waals surface area contributed by atoms with Gasteiger partial charge < -0.3 is 10.2 Å². The highest BCUT2D eigenvalue weighted by atomic mass is 35.5. The summed E-state index contributed by atoms with van der Waals surface area (Å²) in [5.74, 6) is -0.823. The zero-order chi connectivity index (χ0) is 27.0. The van der Waals surface area contributed by atoms with Crippen LogP contribution in [0.5, 0.6) is 0 Å². The van der Waals surface area contributed by atoms with Gasteiger partial charge in [0.15, 0.2) is 0 Å². The van der Waals surface area contributed by atoms with Crippen LogP contribution in [0.1, 0.15) is 39.2 Å². The monoisotopic (exact) mass is 575 g/mol. The van der Waals surface area contributed by atoms with Gasteiger partial charge in [0.1, 0.15) is 12.6 Å². The number of benzene rings is 2. The molecule has 2 atom stereocenters. The van der Waals surface area contributed by atoms with Gasteiger partial charge in [-0.1, -0.05) is 79.0 Å². The largest absolute Gasteiger partial charge is 0.352 e. The number of nitrogens with one attached hydrogen (secondary N) is 1. The lowest BCUT2D eigenvalue weighted by Crippen LogP contribution is -2.54. The molecular formula is C25H32Cl3N3O4S. The van der Waals surface area contributed by atoms with Crippen LogP contribution < -0.4 is 9.62 Å². The summed E-state index contributed by atoms with van der Waals surface area (Å²) in [6.45, 7) is 5.32. The van der Waals surface area contributed by atoms with Gasteiger partial charge in [0, 0.05) is 12.6 Å². The van der Waals surface area contributed by atoms with Crippen LogP contribution >= 0.6 is 34.8 Å². The molecule has 0 fully saturated rings. The summed E-state index contributed by atoms with van der Waals surface area (Å²) in [4.78, 5) is 28.2. The molecular weight excluding hydrogens is 545 g/mol. The Balaban J connectivity index is 2.43. The molecule has 2 aromatic rings. The fraction of sp³-hybridized carbons (Fsp3) is 0.440. The Morgan fingerprint density at radius 3 is 2.14 bits per heavy atom. The van der Waals surface area contributed by atoms with E-state index in [0.717, 1.165) is 22.5 Å². The number of hydrogen-bond acceptors (Lipinski definition) is 4. The summed E-state index contributed by atoms with van der Waals surface area (Å²) in [6, 6.07) is 11.3. The molecule has 7 nitrogen and oxygen atoms in total. The van der Waals surface area contributed by atoms with Gasteiger partial charge >= 0.3 is 0 Å². The fourth-order valence-corrected chi connectivity index (χ4v) is 5.18. The smallest absolute Gasteiger partial charge is 0.244 e. The Labute approximate surface area is 228 Å². The standard InChI is InChI=1S/C25H32Cl3N3O4S/c1-5-17(3)29-25(33)22(6-2)30(13-12-18-10-8-7-9-11-18)24(32)16-31(36(4,34)35)23-15-20(27)19(26)14-21(23)28/h7-11,14-15,17,22H,5-6,12-13,16H2,1-4H3,(H,29,33). The zero-order valence-electron chi connectivity index (χ0n) is 20.8. The van der Waals surface area contributed by atoms with E-state index in [0.29, 0.717) is 12.8 Å². The number of anilines is 1. The van der Waals surface area contributed by atoms with Crippen LogP contribution in [0.2, 0.25) is 15.1 Å². The van der Waals surface area contributed by atoms with E-state index in [1.54, 1.807) is 0 Å². The summed E-state index contributed by atoms with van der Waals surface area (Å²) >= 11 is 18.4. The van der Waals surface area contributed by atoms with E-state index in [9.17, 15) is 18.0 Å². The third kappa shape index (κ3) is 8.26. The van der Waals surface area contributed by atoms with Crippen molar-refractivity contribution >= 4 is 62.3 Å². The van der Waals surface area contributed by atoms with Crippen LogP contribution in [0.4, 0.5) is 5.69 Å². The minimum Gasteiger partial charge on any atom is -0.352 e. The van der Waals surface area contributed by atoms with Crippen molar-refractivity contribution in [2.45, 2.75) is 52.1 Å². The van der Waals surface area contributed by atoms with Crippen LogP contribution in [0.3, 0.4) is 0 Å². The highest BCUT2D eigenvalue weighted by Crippen LogP contribution is 2.35. The SMILES string of the molecule is CCC(C)NC(=O)C(CC)N(CCc1ccccc1)C(=O)CN(c1cc(Cl)c(Cl)cc1Cl)S(C)(=O)=O. The summed E-state index contributed by atoms with van der Waals surface area (Å²) in [5.41, 5.74) is 1.02. The lowest BCUT2D eigenvalue weighted by atomic mass is 10.1. The summed E-state index contributed by atoms with van der Waals surface area (Å²) < 4.78 is 26.3. The van der Waals surface area contributed by atoms with E-state index in [4.69, 9.17) is 34.8 Å². The molecule has 2 amide bonds. The van der Waals surface area contributed by atoms with Gasteiger partial charge in [-0.25, -0.2) is 8.42 Å². The first-order valence-corrected chi connectivity index (χ1v) is 14.6. The number of nitrogens with zero attached hydrogens (tertiary/aromatic N) is 2. The summed E-state index contributed by atoms with van der Waals surface area (Å²) in [6.07, 6.45) is 2.56. The van der Waals surface area contributed by atoms with E-state index < -0.39 is 28.5 Å². The molecule has 0 aliphatic rings. The van der Waals surface area contributed by atoms with Crippen molar-refractivity contribution in [1.29, 1.82) is 0 Å². The minimum absolute atomic E-state index is 0.0278. The van der Waals surface area contributed by atoms with Crippen molar-refractivity contribution in [3.8, 4) is 0 Å². The Kier molecular flexibility index (Phi) is 11.3. The maximum absolute atomic E-state index is 13.7. The van der Waals surface area contributed by atoms with Crippen LogP contribution in [-0.4, -0.2) is 56.6 Å². The second kappa shape index (κ2) is 13.5. The normalized spacial score (nSPS) is 13.1. The lowest BCUT2D eigenvalue weighted by molar-refractivity contribution is -0.139. The molecule has 0 saturated carbocycles. The van der Waals surface area contributed by atoms with Crippen molar-refractivity contribution < 1.29 is 18.0 Å². The Bertz CT molecular complexity index is 1160. The maximum atomic E-state index is 13.7. The Morgan fingerprint density at radius 2 is 1.58 bits per heavy atom. The molecule has 2 aromatic carbocycles. The van der Waals surface area contributed by atoms with E-state index in [2.05, 4.69) is 5.32 Å². The van der Waals surface area contributed by atoms with E-state index in [1.165, 1.54) is 17.0 Å². The van der Waals surface area contributed by atoms with E-state index >= 15 is 0 Å². The zero-order valence-corrected chi connectivity index (χ0v) is 23.9. The molecule has 0 radical (unpaired) electrons. The molecule has 0 spiro atoms. The van der Waals surface area contributed by atoms with Crippen molar-refractivity contribution in [3.05, 3.63) is 63.1 Å². The number of amides is 2. The van der Waals surface area contributed by atoms with Crippen LogP contribution in [0, 0.1) is 0 Å². The predicted octanol–water partition coefficient (Wildman–Crippen LogP) is 5.18. The molecule has 2 rings (SSSR count). The van der Waals surface area contributed by atoms with Crippen LogP contribution in [-0.2, 0) is 26.0 Å². The Morgan fingerprint density at radius 1 is 0.972 bits per heavy atom. The Hall–Kier alpha value is -2.00. The van der Waals surface area contributed by atoms with E-state index in [1.807, 2.05) is 51.1 Å². The van der Waals surface area contributed by atoms with E-state index in [-0.39, 0.29) is 39.2 Å². The van der Waals surface area contributed by atoms with Gasteiger partial charge in [-0.3, -0.25) is 13.9 Å². The molecule has 198 valence electrons. The van der Waals surface area contributed by atoms with Gasteiger partial charge in [-0.2, -0.15) is 0 Å². The first-order valence-electron chi connectivity index (χ1n) is 11.6. The number of carbonyl (C=O) groups is 2. The quantitative estimate of drug-likeness (QED) is 0.353. The van der Waals surface area contributed by atoms with Crippen molar-refractivity contribution in [2.75, 3.05) is 23.7 Å². The molecule has 1 N–H and O–H groups in total. The summed E-state index contributed by atoms with van der Waals surface area (Å²) in [7, 11) is -3.94. The molecule has 36 heavy (non-hydrogen) atoms. The van der Waals surface area contributed by atoms with Crippen molar-refractivity contribution in [1.82, 2.24) is 10.2 Å². The molecule has 0 aromatic heterocycles.